The molecule has 3 radical (unpaired) electrons. The van der Waals surface area contributed by atoms with E-state index in [0.29, 0.717) is 40.9 Å². The van der Waals surface area contributed by atoms with Crippen LogP contribution < -0.4 is 35.3 Å². The summed E-state index contributed by atoms with van der Waals surface area (Å²) in [4.78, 5) is 32.4. The van der Waals surface area contributed by atoms with Gasteiger partial charge in [0.05, 0.1) is 34.9 Å². The number of nitrogens with two attached hydrogens (primary N) is 1. The summed E-state index contributed by atoms with van der Waals surface area (Å²) in [5, 5.41) is 33.6. The average Bonchev–Trinajstić information content (AvgIpc) is 4.31. The summed E-state index contributed by atoms with van der Waals surface area (Å²) in [7, 11) is 1.80. The van der Waals surface area contributed by atoms with E-state index in [0.717, 1.165) is 39.3 Å². The van der Waals surface area contributed by atoms with Gasteiger partial charge in [0.2, 0.25) is 0 Å². The van der Waals surface area contributed by atoms with Crippen LogP contribution >= 0.6 is 61.4 Å². The Bertz CT molecular complexity index is 2630. The molecular weight excluding hydrogens is 1190 g/mol. The number of halogens is 5. The zero-order valence-electron chi connectivity index (χ0n) is 47.6. The molecule has 0 saturated heterocycles. The summed E-state index contributed by atoms with van der Waals surface area (Å²) in [6, 6.07) is 17.9. The molecule has 0 bridgehead atoms. The number of aromatic nitrogens is 14. The Morgan fingerprint density at radius 1 is 0.654 bits per heavy atom. The van der Waals surface area contributed by atoms with Crippen molar-refractivity contribution in [2.45, 2.75) is 109 Å². The monoisotopic (exact) mass is 1260 g/mol. The topological polar surface area (TPSA) is 286 Å². The van der Waals surface area contributed by atoms with E-state index in [1.165, 1.54) is 0 Å². The van der Waals surface area contributed by atoms with Gasteiger partial charge in [-0.3, -0.25) is 4.21 Å². The molecule has 0 aromatic carbocycles. The van der Waals surface area contributed by atoms with Crippen molar-refractivity contribution >= 4 is 115 Å². The second kappa shape index (κ2) is 58.6. The first kappa shape index (κ1) is 84.7. The number of hydrogen-bond acceptors (Lipinski definition) is 18. The molecule has 3 N–H and O–H groups in total. The molecule has 0 saturated carbocycles. The fourth-order valence-corrected chi connectivity index (χ4v) is 5.16. The van der Waals surface area contributed by atoms with Gasteiger partial charge in [-0.2, -0.15) is 30.0 Å². The number of rotatable bonds is 7. The van der Waals surface area contributed by atoms with Crippen molar-refractivity contribution in [3.8, 4) is 0 Å². The number of ether oxygens (including phenoxy) is 2. The Labute approximate surface area is 513 Å². The van der Waals surface area contributed by atoms with Crippen LogP contribution in [0.2, 0.25) is 10.3 Å². The van der Waals surface area contributed by atoms with E-state index < -0.39 is 10.3 Å². The first-order chi connectivity index (χ1) is 36.8. The smallest absolute Gasteiger partial charge is 1.00 e. The van der Waals surface area contributed by atoms with Crippen LogP contribution in [-0.2, 0) is 41.8 Å². The van der Waals surface area contributed by atoms with E-state index in [1.807, 2.05) is 133 Å². The number of aliphatic hydroxyl groups is 1. The van der Waals surface area contributed by atoms with Gasteiger partial charge in [-0.15, -0.1) is 21.8 Å². The fourth-order valence-electron chi connectivity index (χ4n) is 4.40. The quantitative estimate of drug-likeness (QED) is 0.0504. The van der Waals surface area contributed by atoms with Gasteiger partial charge < -0.3 is 26.3 Å². The maximum atomic E-state index is 8.77. The molecule has 0 aliphatic heterocycles. The van der Waals surface area contributed by atoms with Crippen molar-refractivity contribution in [2.24, 2.45) is 0 Å². The van der Waals surface area contributed by atoms with Gasteiger partial charge >= 0.3 is 35.7 Å². The molecule has 78 heavy (non-hydrogen) atoms. The first-order valence-electron chi connectivity index (χ1n) is 23.6. The molecule has 9 aromatic heterocycles. The summed E-state index contributed by atoms with van der Waals surface area (Å²) in [5.41, 5.74) is 11.1. The Morgan fingerprint density at radius 3 is 1.35 bits per heavy atom. The van der Waals surface area contributed by atoms with Crippen LogP contribution in [0.1, 0.15) is 102 Å². The SMILES string of the molecule is CC.CC.CC.CC.CC.CCOC(CBr)OCC.Cc1ccc2nccn2n1.ClCc1ccc2nccn2n1.Clc1ccc2nccn2n1.Nc1ccc(Cl)nn1.O=C=O.O=S([O-])Cl.OCc1ccc2nccn2n1.[B].[H-].[Na+]. The van der Waals surface area contributed by atoms with E-state index in [4.69, 9.17) is 73.5 Å². The number of aryl methyl sites for hydroxylation is 1. The van der Waals surface area contributed by atoms with Crippen LogP contribution in [0.5, 0.6) is 0 Å². The molecule has 9 aromatic rings. The van der Waals surface area contributed by atoms with Gasteiger partial charge in [0.25, 0.3) is 0 Å². The molecule has 0 amide bonds. The third-order valence-electron chi connectivity index (χ3n) is 7.01. The number of alkyl halides is 2. The van der Waals surface area contributed by atoms with Gasteiger partial charge in [-0.05, 0) is 92.1 Å². The predicted molar refractivity (Wildman–Crippen MR) is 313 cm³/mol. The van der Waals surface area contributed by atoms with Gasteiger partial charge in [-0.1, -0.05) is 108 Å². The van der Waals surface area contributed by atoms with Crippen molar-refractivity contribution in [2.75, 3.05) is 24.3 Å². The number of nitrogen functional groups attached to an aromatic ring is 1. The molecule has 9 heterocycles. The average molecular weight is 1260 g/mol. The summed E-state index contributed by atoms with van der Waals surface area (Å²) < 4.78 is 34.6. The van der Waals surface area contributed by atoms with Crippen molar-refractivity contribution in [1.82, 2.24) is 68.6 Å². The molecule has 0 fully saturated rings. The van der Waals surface area contributed by atoms with Crippen LogP contribution in [-0.4, -0.2) is 122 Å². The van der Waals surface area contributed by atoms with Crippen LogP contribution in [0.25, 0.3) is 22.6 Å². The molecule has 30 heteroatoms. The molecule has 22 nitrogen and oxygen atoms in total. The number of fused-ring (bicyclic) bond motifs is 4. The number of nitrogens with zero attached hydrogens (tertiary/aromatic N) is 14. The summed E-state index contributed by atoms with van der Waals surface area (Å²) >= 11 is 19.9. The number of anilines is 1. The van der Waals surface area contributed by atoms with Gasteiger partial charge in [0.1, 0.15) is 11.0 Å². The van der Waals surface area contributed by atoms with E-state index in [1.54, 1.807) is 85.7 Å². The van der Waals surface area contributed by atoms with E-state index >= 15 is 0 Å². The van der Waals surface area contributed by atoms with Gasteiger partial charge in [-0.25, -0.2) is 38.0 Å². The third-order valence-corrected chi connectivity index (χ3v) is 8.22. The standard InChI is InChI=1S/C7H6ClN3.C7H7N3O.C7H7N3.C6H13BrO2.C6H4ClN3.C4H4ClN3.5C2H6.CO2.B.ClHO2S.Na.H/c8-5-6-1-2-7-9-3-4-11(7)10-6;11-5-6-1-2-7-8-3-4-10(7)9-6;1-6-2-3-7-8-4-5-10(7)9-6;1-3-8-6(5-7)9-4-2;7-5-1-2-6-8-3-4-10(6)9-5;5-3-1-2-4(6)8-7-3;5*1-2;2-1-3;;1-4(2)3;;/h1-4H,5H2;1-4,11H,5H2;2-5H,1H3;6H,3-5H2,1-2H3;1-4H;1-2H,(H2,6,8);5*1-2H3;;;(H,2,3);;/q;;;;;;;;;;;;;;+1;-1/p-1. The van der Waals surface area contributed by atoms with Crippen molar-refractivity contribution in [1.29, 1.82) is 0 Å². The summed E-state index contributed by atoms with van der Waals surface area (Å²) in [6.45, 7) is 27.2. The Balaban J connectivity index is -0.000000148. The minimum Gasteiger partial charge on any atom is -1.00 e. The van der Waals surface area contributed by atoms with Gasteiger partial charge in [0, 0.05) is 81.5 Å². The molecule has 9 rings (SSSR count). The molecule has 0 aliphatic rings. The minimum absolute atomic E-state index is 0. The molecule has 427 valence electrons. The van der Waals surface area contributed by atoms with Crippen LogP contribution in [0.3, 0.4) is 0 Å². The second-order valence-corrected chi connectivity index (χ2v) is 14.4. The number of carbonyl (C=O) groups excluding carboxylic acids is 2. The fraction of sp³-hybridized carbons (Fsp3) is 0.396. The molecular formula is C48H72BBrCl4N15NaO7S-. The van der Waals surface area contributed by atoms with Gasteiger partial charge in [0.15, 0.2) is 34.0 Å². The van der Waals surface area contributed by atoms with Crippen molar-refractivity contribution < 1.29 is 63.9 Å². The number of aliphatic hydroxyl groups excluding tert-OH is 1. The second-order valence-electron chi connectivity index (χ2n) is 11.5. The van der Waals surface area contributed by atoms with E-state index in [9.17, 15) is 0 Å². The molecule has 1 atom stereocenters. The van der Waals surface area contributed by atoms with E-state index in [-0.39, 0.29) is 58.4 Å². The van der Waals surface area contributed by atoms with Crippen LogP contribution in [0, 0.1) is 6.92 Å². The first-order valence-corrected chi connectivity index (χ1v) is 27.9. The zero-order valence-corrected chi connectivity index (χ0v) is 54.0. The minimum atomic E-state index is -2.39. The Morgan fingerprint density at radius 2 is 1.00 bits per heavy atom. The maximum Gasteiger partial charge on any atom is 1.00 e. The third kappa shape index (κ3) is 40.6. The predicted octanol–water partition coefficient (Wildman–Crippen LogP) is 7.91. The maximum absolute atomic E-state index is 8.77. The molecule has 0 spiro atoms. The summed E-state index contributed by atoms with van der Waals surface area (Å²) in [6.07, 6.45) is 14.1. The Kier molecular flexibility index (Phi) is 63.6. The molecule has 1 unspecified atom stereocenters. The molecule has 0 aliphatic carbocycles. The number of hydrogen-bond donors (Lipinski definition) is 2. The van der Waals surface area contributed by atoms with Crippen LogP contribution in [0.4, 0.5) is 5.82 Å². The van der Waals surface area contributed by atoms with Crippen molar-refractivity contribution in [3.05, 3.63) is 138 Å². The summed E-state index contributed by atoms with van der Waals surface area (Å²) in [5.74, 6) is 0.822. The Hall–Kier alpha value is -4.57. The van der Waals surface area contributed by atoms with Crippen LogP contribution in [0.15, 0.2) is 110 Å². The number of imidazole rings is 4. The van der Waals surface area contributed by atoms with Crippen molar-refractivity contribution in [3.63, 3.8) is 0 Å². The van der Waals surface area contributed by atoms with E-state index in [2.05, 4.69) is 77.1 Å². The zero-order chi connectivity index (χ0) is 58.7. The largest absolute Gasteiger partial charge is 1.00 e. The normalized spacial score (nSPS) is 9.14.